The zero-order valence-electron chi connectivity index (χ0n) is 12.2. The van der Waals surface area contributed by atoms with Gasteiger partial charge in [0, 0.05) is 34.1 Å². The number of anilines is 1. The molecule has 0 saturated carbocycles. The molecule has 1 aromatic rings. The first-order valence-electron chi connectivity index (χ1n) is 6.16. The van der Waals surface area contributed by atoms with Gasteiger partial charge in [-0.1, -0.05) is 0 Å². The zero-order chi connectivity index (χ0) is 17.1. The average molecular weight is 339 g/mol. The van der Waals surface area contributed by atoms with Crippen molar-refractivity contribution in [3.63, 3.8) is 0 Å². The van der Waals surface area contributed by atoms with E-state index in [0.717, 1.165) is 22.2 Å². The molecule has 10 heteroatoms. The van der Waals surface area contributed by atoms with Gasteiger partial charge >= 0.3 is 0 Å². The lowest BCUT2D eigenvalue weighted by molar-refractivity contribution is -0.116. The van der Waals surface area contributed by atoms with Crippen LogP contribution < -0.4 is 9.62 Å². The van der Waals surface area contributed by atoms with Gasteiger partial charge in [0.15, 0.2) is 17.5 Å². The number of carbonyl (C=O) groups is 1. The summed E-state index contributed by atoms with van der Waals surface area (Å²) in [6, 6.07) is 1.60. The predicted octanol–water partition coefficient (Wildman–Crippen LogP) is 0.853. The van der Waals surface area contributed by atoms with Gasteiger partial charge < -0.3 is 4.90 Å². The van der Waals surface area contributed by atoms with Gasteiger partial charge in [0.1, 0.15) is 0 Å². The van der Waals surface area contributed by atoms with Crippen LogP contribution in [0.15, 0.2) is 12.1 Å². The molecule has 1 amide bonds. The molecular formula is C12H16F3N3O3S. The maximum atomic E-state index is 13.7. The third-order valence-corrected chi connectivity index (χ3v) is 4.32. The van der Waals surface area contributed by atoms with Crippen LogP contribution in [-0.2, 0) is 15.0 Å². The van der Waals surface area contributed by atoms with E-state index in [4.69, 9.17) is 0 Å². The summed E-state index contributed by atoms with van der Waals surface area (Å²) >= 11 is 0. The third kappa shape index (κ3) is 4.18. The molecule has 0 aliphatic heterocycles. The Morgan fingerprint density at radius 3 is 2.27 bits per heavy atom. The maximum Gasteiger partial charge on any atom is 0.278 e. The summed E-state index contributed by atoms with van der Waals surface area (Å²) in [7, 11) is -1.10. The topological polar surface area (TPSA) is 69.7 Å². The monoisotopic (exact) mass is 339 g/mol. The number of carbonyl (C=O) groups excluding carboxylic acids is 1. The molecule has 22 heavy (non-hydrogen) atoms. The molecule has 0 atom stereocenters. The molecule has 124 valence electrons. The highest BCUT2D eigenvalue weighted by Crippen LogP contribution is 2.23. The van der Waals surface area contributed by atoms with Gasteiger partial charge in [0.25, 0.3) is 10.2 Å². The highest BCUT2D eigenvalue weighted by molar-refractivity contribution is 7.87. The Morgan fingerprint density at radius 2 is 1.77 bits per heavy atom. The minimum Gasteiger partial charge on any atom is -0.308 e. The fourth-order valence-corrected chi connectivity index (χ4v) is 2.19. The smallest absolute Gasteiger partial charge is 0.278 e. The minimum atomic E-state index is -3.71. The second-order valence-electron chi connectivity index (χ2n) is 4.55. The van der Waals surface area contributed by atoms with Crippen molar-refractivity contribution in [2.45, 2.75) is 6.92 Å². The highest BCUT2D eigenvalue weighted by atomic mass is 32.2. The summed E-state index contributed by atoms with van der Waals surface area (Å²) in [5.74, 6) is -5.23. The third-order valence-electron chi connectivity index (χ3n) is 2.79. The Hall–Kier alpha value is -1.65. The summed E-state index contributed by atoms with van der Waals surface area (Å²) in [4.78, 5) is 12.4. The van der Waals surface area contributed by atoms with Gasteiger partial charge in [-0.15, -0.1) is 0 Å². The van der Waals surface area contributed by atoms with Crippen molar-refractivity contribution in [1.82, 2.24) is 9.03 Å². The molecule has 0 bridgehead atoms. The molecule has 0 heterocycles. The summed E-state index contributed by atoms with van der Waals surface area (Å²) in [6.45, 7) is 0.629. The lowest BCUT2D eigenvalue weighted by Gasteiger charge is -2.22. The van der Waals surface area contributed by atoms with Gasteiger partial charge in [-0.05, 0) is 12.1 Å². The number of rotatable bonds is 6. The van der Waals surface area contributed by atoms with E-state index in [-0.39, 0.29) is 13.1 Å². The Balaban J connectivity index is 2.93. The van der Waals surface area contributed by atoms with E-state index < -0.39 is 39.3 Å². The number of halogens is 3. The van der Waals surface area contributed by atoms with Gasteiger partial charge in [-0.3, -0.25) is 4.79 Å². The molecule has 0 spiro atoms. The normalized spacial score (nSPS) is 11.8. The van der Waals surface area contributed by atoms with E-state index in [9.17, 15) is 26.4 Å². The Labute approximate surface area is 126 Å². The lowest BCUT2D eigenvalue weighted by atomic mass is 10.2. The molecule has 0 aromatic heterocycles. The van der Waals surface area contributed by atoms with E-state index in [1.165, 1.54) is 14.1 Å². The van der Waals surface area contributed by atoms with E-state index >= 15 is 0 Å². The van der Waals surface area contributed by atoms with Crippen LogP contribution in [0.1, 0.15) is 6.92 Å². The van der Waals surface area contributed by atoms with Crippen molar-refractivity contribution < 1.29 is 26.4 Å². The maximum absolute atomic E-state index is 13.7. The van der Waals surface area contributed by atoms with Crippen LogP contribution in [0.3, 0.4) is 0 Å². The van der Waals surface area contributed by atoms with Crippen molar-refractivity contribution in [3.05, 3.63) is 29.6 Å². The molecule has 0 fully saturated rings. The van der Waals surface area contributed by atoms with E-state index in [1.54, 1.807) is 0 Å². The SMILES string of the molecule is CC(=O)N(CCNS(=O)(=O)N(C)C)c1ccc(F)c(F)c1F. The first-order chi connectivity index (χ1) is 10.1. The molecule has 0 radical (unpaired) electrons. The second kappa shape index (κ2) is 7.07. The Kier molecular flexibility index (Phi) is 5.92. The number of nitrogens with one attached hydrogen (secondary N) is 1. The van der Waals surface area contributed by atoms with Crippen LogP contribution in [-0.4, -0.2) is 45.8 Å². The number of amides is 1. The zero-order valence-corrected chi connectivity index (χ0v) is 13.0. The molecule has 0 aliphatic rings. The average Bonchev–Trinajstić information content (AvgIpc) is 2.41. The van der Waals surface area contributed by atoms with Gasteiger partial charge in [0.2, 0.25) is 5.91 Å². The van der Waals surface area contributed by atoms with Crippen LogP contribution in [0.25, 0.3) is 0 Å². The van der Waals surface area contributed by atoms with Gasteiger partial charge in [0.05, 0.1) is 5.69 Å². The standard InChI is InChI=1S/C12H16F3N3O3S/c1-8(19)18(7-6-16-22(20,21)17(2)3)10-5-4-9(13)11(14)12(10)15/h4-5,16H,6-7H2,1-3H3. The largest absolute Gasteiger partial charge is 0.308 e. The molecule has 1 N–H and O–H groups in total. The van der Waals surface area contributed by atoms with Crippen LogP contribution in [0.2, 0.25) is 0 Å². The molecule has 1 rings (SSSR count). The summed E-state index contributed by atoms with van der Waals surface area (Å²) < 4.78 is 66.0. The molecule has 6 nitrogen and oxygen atoms in total. The van der Waals surface area contributed by atoms with Crippen molar-refractivity contribution in [1.29, 1.82) is 0 Å². The van der Waals surface area contributed by atoms with E-state index in [0.29, 0.717) is 6.07 Å². The first-order valence-corrected chi connectivity index (χ1v) is 7.60. The van der Waals surface area contributed by atoms with Crippen LogP contribution in [0.4, 0.5) is 18.9 Å². The Morgan fingerprint density at radius 1 is 1.18 bits per heavy atom. The molecule has 0 saturated heterocycles. The predicted molar refractivity (Wildman–Crippen MR) is 75.0 cm³/mol. The van der Waals surface area contributed by atoms with Gasteiger partial charge in [-0.25, -0.2) is 17.9 Å². The van der Waals surface area contributed by atoms with Crippen LogP contribution in [0, 0.1) is 17.5 Å². The van der Waals surface area contributed by atoms with Gasteiger partial charge in [-0.2, -0.15) is 12.7 Å². The highest BCUT2D eigenvalue weighted by Gasteiger charge is 2.21. The lowest BCUT2D eigenvalue weighted by Crippen LogP contribution is -2.42. The van der Waals surface area contributed by atoms with E-state index in [1.807, 2.05) is 0 Å². The molecule has 0 unspecified atom stereocenters. The summed E-state index contributed by atoms with van der Waals surface area (Å²) in [5.41, 5.74) is -0.463. The summed E-state index contributed by atoms with van der Waals surface area (Å²) in [6.07, 6.45) is 0. The number of hydrogen-bond donors (Lipinski definition) is 1. The van der Waals surface area contributed by atoms with Crippen molar-refractivity contribution in [2.24, 2.45) is 0 Å². The minimum absolute atomic E-state index is 0.224. The first kappa shape index (κ1) is 18.4. The van der Waals surface area contributed by atoms with Crippen LogP contribution >= 0.6 is 0 Å². The number of hydrogen-bond acceptors (Lipinski definition) is 3. The second-order valence-corrected chi connectivity index (χ2v) is 6.52. The fourth-order valence-electron chi connectivity index (χ4n) is 1.59. The summed E-state index contributed by atoms with van der Waals surface area (Å²) in [5, 5.41) is 0. The molecule has 1 aromatic carbocycles. The van der Waals surface area contributed by atoms with Crippen molar-refractivity contribution in [3.8, 4) is 0 Å². The number of benzene rings is 1. The Bertz CT molecular complexity index is 665. The van der Waals surface area contributed by atoms with Crippen LogP contribution in [0.5, 0.6) is 0 Å². The number of nitrogens with zero attached hydrogens (tertiary/aromatic N) is 2. The van der Waals surface area contributed by atoms with Crippen molar-refractivity contribution >= 4 is 21.8 Å². The van der Waals surface area contributed by atoms with Crippen molar-refractivity contribution in [2.75, 3.05) is 32.1 Å². The fraction of sp³-hybridized carbons (Fsp3) is 0.417. The van der Waals surface area contributed by atoms with E-state index in [2.05, 4.69) is 4.72 Å². The molecular weight excluding hydrogens is 323 g/mol. The molecule has 0 aliphatic carbocycles. The quantitative estimate of drug-likeness (QED) is 0.782.